The van der Waals surface area contributed by atoms with E-state index in [0.29, 0.717) is 0 Å². The summed E-state index contributed by atoms with van der Waals surface area (Å²) < 4.78 is 0. The van der Waals surface area contributed by atoms with Crippen molar-refractivity contribution in [2.75, 3.05) is 0 Å². The maximum Gasteiger partial charge on any atom is 0.0483 e. The fourth-order valence-corrected chi connectivity index (χ4v) is 5.96. The molecule has 0 rings (SSSR count). The summed E-state index contributed by atoms with van der Waals surface area (Å²) in [5.41, 5.74) is 2.97. The molecule has 112 valence electrons. The minimum absolute atomic E-state index is 0.943. The van der Waals surface area contributed by atoms with Crippen molar-refractivity contribution in [3.63, 3.8) is 0 Å². The minimum Gasteiger partial charge on any atom is -0.100 e. The van der Waals surface area contributed by atoms with Crippen LogP contribution in [0.2, 0.25) is 51.4 Å². The van der Waals surface area contributed by atoms with Gasteiger partial charge in [0.15, 0.2) is 0 Å². The first-order valence-electron chi connectivity index (χ1n) is 7.83. The first-order chi connectivity index (χ1) is 8.49. The molecule has 0 aliphatic rings. The zero-order valence-electron chi connectivity index (χ0n) is 14.4. The van der Waals surface area contributed by atoms with Crippen molar-refractivity contribution in [1.82, 2.24) is 0 Å². The van der Waals surface area contributed by atoms with Gasteiger partial charge in [0.25, 0.3) is 0 Å². The van der Waals surface area contributed by atoms with Crippen LogP contribution in [0.25, 0.3) is 0 Å². The number of rotatable bonds is 10. The largest absolute Gasteiger partial charge is 0.100 e. The lowest BCUT2D eigenvalue weighted by atomic mass is 10.1. The Morgan fingerprint density at radius 2 is 0.947 bits per heavy atom. The van der Waals surface area contributed by atoms with Crippen molar-refractivity contribution in [2.45, 2.75) is 83.5 Å². The second-order valence-corrected chi connectivity index (χ2v) is 19.5. The maximum atomic E-state index is 4.24. The van der Waals surface area contributed by atoms with E-state index >= 15 is 0 Å². The predicted molar refractivity (Wildman–Crippen MR) is 97.7 cm³/mol. The third-order valence-electron chi connectivity index (χ3n) is 3.12. The third-order valence-corrected chi connectivity index (χ3v) is 6.24. The molecule has 0 amide bonds. The summed E-state index contributed by atoms with van der Waals surface area (Å²) in [7, 11) is -1.89. The summed E-state index contributed by atoms with van der Waals surface area (Å²) in [6, 6.07) is 2.60. The molecule has 0 atom stereocenters. The lowest BCUT2D eigenvalue weighted by Gasteiger charge is -2.18. The van der Waals surface area contributed by atoms with Crippen LogP contribution in [0.4, 0.5) is 0 Å². The topological polar surface area (TPSA) is 0 Å². The van der Waals surface area contributed by atoms with Crippen LogP contribution in [0, 0.1) is 0 Å². The van der Waals surface area contributed by atoms with Gasteiger partial charge in [0.05, 0.1) is 0 Å². The van der Waals surface area contributed by atoms with Gasteiger partial charge >= 0.3 is 0 Å². The number of allylic oxidation sites excluding steroid dienone is 2. The van der Waals surface area contributed by atoms with E-state index in [0.717, 1.165) is 0 Å². The van der Waals surface area contributed by atoms with Gasteiger partial charge in [-0.15, -0.1) is 13.2 Å². The average molecular weight is 297 g/mol. The second-order valence-electron chi connectivity index (χ2n) is 8.54. The first kappa shape index (κ1) is 18.9. The van der Waals surface area contributed by atoms with Gasteiger partial charge in [0.2, 0.25) is 0 Å². The van der Waals surface area contributed by atoms with Gasteiger partial charge < -0.3 is 0 Å². The summed E-state index contributed by atoms with van der Waals surface area (Å²) in [6.07, 6.45) is 6.47. The Balaban J connectivity index is 3.61. The van der Waals surface area contributed by atoms with E-state index in [4.69, 9.17) is 0 Å². The van der Waals surface area contributed by atoms with Gasteiger partial charge in [-0.2, -0.15) is 0 Å². The summed E-state index contributed by atoms with van der Waals surface area (Å²) in [6.45, 7) is 23.1. The molecule has 0 spiro atoms. The molecule has 0 unspecified atom stereocenters. The van der Waals surface area contributed by atoms with E-state index in [1.165, 1.54) is 55.3 Å². The fourth-order valence-electron chi connectivity index (χ4n) is 2.60. The van der Waals surface area contributed by atoms with Crippen molar-refractivity contribution in [2.24, 2.45) is 0 Å². The first-order valence-corrected chi connectivity index (χ1v) is 15.2. The second kappa shape index (κ2) is 8.26. The van der Waals surface area contributed by atoms with E-state index < -0.39 is 16.1 Å². The molecule has 0 aromatic carbocycles. The van der Waals surface area contributed by atoms with Gasteiger partial charge in [-0.1, -0.05) is 56.8 Å². The van der Waals surface area contributed by atoms with E-state index in [1.807, 2.05) is 0 Å². The molecule has 2 heteroatoms. The molecule has 0 N–H and O–H groups in total. The standard InChI is InChI=1S/C17H36Si2/c1-16(14-18(3,4)5)12-10-9-11-13-17(2)15-19(6,7)8/h1-2,9-15H2,3-8H3. The maximum absolute atomic E-state index is 4.24. The molecular formula is C17H36Si2. The Morgan fingerprint density at radius 1 is 0.632 bits per heavy atom. The third kappa shape index (κ3) is 14.1. The fraction of sp³-hybridized carbons (Fsp3) is 0.765. The number of unbranched alkanes of at least 4 members (excludes halogenated alkanes) is 2. The number of hydrogen-bond acceptors (Lipinski definition) is 0. The van der Waals surface area contributed by atoms with Gasteiger partial charge in [-0.05, 0) is 37.8 Å². The number of hydrogen-bond donors (Lipinski definition) is 0. The molecule has 0 heterocycles. The quantitative estimate of drug-likeness (QED) is 0.238. The van der Waals surface area contributed by atoms with Gasteiger partial charge in [-0.25, -0.2) is 0 Å². The molecule has 0 nitrogen and oxygen atoms in total. The van der Waals surface area contributed by atoms with Crippen molar-refractivity contribution < 1.29 is 0 Å². The molecule has 0 aliphatic carbocycles. The van der Waals surface area contributed by atoms with Crippen LogP contribution in [0.1, 0.15) is 32.1 Å². The SMILES string of the molecule is C=C(CCCCCC(=C)C[Si](C)(C)C)C[Si](C)(C)C. The zero-order chi connectivity index (χ0) is 15.1. The van der Waals surface area contributed by atoms with Crippen molar-refractivity contribution in [3.05, 3.63) is 24.3 Å². The monoisotopic (exact) mass is 296 g/mol. The van der Waals surface area contributed by atoms with Crippen LogP contribution in [0.5, 0.6) is 0 Å². The predicted octanol–water partition coefficient (Wildman–Crippen LogP) is 6.73. The molecular weight excluding hydrogens is 260 g/mol. The van der Waals surface area contributed by atoms with Crippen LogP contribution in [-0.2, 0) is 0 Å². The Bertz CT molecular complexity index is 259. The Morgan fingerprint density at radius 3 is 1.21 bits per heavy atom. The molecule has 0 saturated heterocycles. The molecule has 0 saturated carbocycles. The highest BCUT2D eigenvalue weighted by atomic mass is 28.3. The Kier molecular flexibility index (Phi) is 8.22. The lowest BCUT2D eigenvalue weighted by Crippen LogP contribution is -2.19. The summed E-state index contributed by atoms with van der Waals surface area (Å²) in [4.78, 5) is 0. The smallest absolute Gasteiger partial charge is 0.0483 e. The zero-order valence-corrected chi connectivity index (χ0v) is 16.4. The van der Waals surface area contributed by atoms with Gasteiger partial charge in [0, 0.05) is 16.1 Å². The van der Waals surface area contributed by atoms with Crippen molar-refractivity contribution >= 4 is 16.1 Å². The highest BCUT2D eigenvalue weighted by Gasteiger charge is 2.15. The van der Waals surface area contributed by atoms with Crippen LogP contribution >= 0.6 is 0 Å². The highest BCUT2D eigenvalue weighted by Crippen LogP contribution is 2.22. The van der Waals surface area contributed by atoms with Gasteiger partial charge in [-0.3, -0.25) is 0 Å². The molecule has 19 heavy (non-hydrogen) atoms. The van der Waals surface area contributed by atoms with Crippen LogP contribution in [-0.4, -0.2) is 16.1 Å². The molecule has 0 bridgehead atoms. The lowest BCUT2D eigenvalue weighted by molar-refractivity contribution is 0.673. The van der Waals surface area contributed by atoms with E-state index in [2.05, 4.69) is 52.4 Å². The summed E-state index contributed by atoms with van der Waals surface area (Å²) in [5, 5.41) is 0. The molecule has 0 aliphatic heterocycles. The van der Waals surface area contributed by atoms with E-state index in [9.17, 15) is 0 Å². The van der Waals surface area contributed by atoms with Crippen LogP contribution in [0.15, 0.2) is 24.3 Å². The highest BCUT2D eigenvalue weighted by molar-refractivity contribution is 6.77. The van der Waals surface area contributed by atoms with Gasteiger partial charge in [0.1, 0.15) is 0 Å². The van der Waals surface area contributed by atoms with E-state index in [-0.39, 0.29) is 0 Å². The van der Waals surface area contributed by atoms with Crippen molar-refractivity contribution in [3.8, 4) is 0 Å². The molecule has 0 fully saturated rings. The van der Waals surface area contributed by atoms with E-state index in [1.54, 1.807) is 0 Å². The molecule has 0 radical (unpaired) electrons. The Labute approximate surface area is 124 Å². The summed E-state index contributed by atoms with van der Waals surface area (Å²) in [5.74, 6) is 0. The van der Waals surface area contributed by atoms with Crippen LogP contribution < -0.4 is 0 Å². The Hall–Kier alpha value is -0.0862. The summed E-state index contributed by atoms with van der Waals surface area (Å²) >= 11 is 0. The minimum atomic E-state index is -0.943. The normalized spacial score (nSPS) is 12.5. The average Bonchev–Trinajstić information content (AvgIpc) is 2.10. The molecule has 0 aromatic rings. The molecule has 0 aromatic heterocycles. The van der Waals surface area contributed by atoms with Crippen molar-refractivity contribution in [1.29, 1.82) is 0 Å². The van der Waals surface area contributed by atoms with Crippen LogP contribution in [0.3, 0.4) is 0 Å².